The van der Waals surface area contributed by atoms with Crippen molar-refractivity contribution < 1.29 is 5.11 Å². The van der Waals surface area contributed by atoms with E-state index in [0.29, 0.717) is 6.54 Å². The van der Waals surface area contributed by atoms with E-state index >= 15 is 0 Å². The van der Waals surface area contributed by atoms with Crippen molar-refractivity contribution >= 4 is 11.3 Å². The molecule has 22 heavy (non-hydrogen) atoms. The van der Waals surface area contributed by atoms with Crippen LogP contribution in [0.5, 0.6) is 0 Å². The number of nitrogens with zero attached hydrogens (tertiary/aromatic N) is 2. The number of β-amino-alcohol motifs (C(OH)–C–C–N with tert-alkyl or cyclic N) is 1. The number of hydrogen-bond donors (Lipinski definition) is 2. The van der Waals surface area contributed by atoms with Gasteiger partial charge in [0.05, 0.1) is 17.8 Å². The molecule has 2 unspecified atom stereocenters. The van der Waals surface area contributed by atoms with E-state index < -0.39 is 0 Å². The van der Waals surface area contributed by atoms with Gasteiger partial charge < -0.3 is 15.3 Å². The summed E-state index contributed by atoms with van der Waals surface area (Å²) in [5.74, 6) is 0.846. The maximum atomic E-state index is 10.3. The first-order chi connectivity index (χ1) is 10.6. The van der Waals surface area contributed by atoms with Crippen molar-refractivity contribution in [3.05, 3.63) is 15.6 Å². The fraction of sp³-hybridized carbons (Fsp3) is 0.824. The van der Waals surface area contributed by atoms with Crippen LogP contribution in [-0.4, -0.2) is 47.3 Å². The molecule has 1 aromatic rings. The van der Waals surface area contributed by atoms with Gasteiger partial charge in [0, 0.05) is 18.0 Å². The molecule has 0 radical (unpaired) electrons. The average Bonchev–Trinajstić information content (AvgIpc) is 3.08. The third-order valence-corrected chi connectivity index (χ3v) is 6.33. The van der Waals surface area contributed by atoms with Crippen molar-refractivity contribution in [1.29, 1.82) is 0 Å². The van der Waals surface area contributed by atoms with Gasteiger partial charge in [0.2, 0.25) is 0 Å². The largest absolute Gasteiger partial charge is 0.390 e. The van der Waals surface area contributed by atoms with Gasteiger partial charge in [-0.3, -0.25) is 0 Å². The molecule has 2 N–H and O–H groups in total. The number of fused-ring (bicyclic) bond motifs is 1. The molecule has 1 aliphatic carbocycles. The van der Waals surface area contributed by atoms with Gasteiger partial charge in [0.1, 0.15) is 5.01 Å². The Morgan fingerprint density at radius 3 is 2.86 bits per heavy atom. The molecule has 124 valence electrons. The van der Waals surface area contributed by atoms with Crippen LogP contribution in [0.25, 0.3) is 0 Å². The van der Waals surface area contributed by atoms with Crippen LogP contribution < -0.4 is 5.32 Å². The second-order valence-corrected chi connectivity index (χ2v) is 8.16. The Morgan fingerprint density at radius 1 is 1.36 bits per heavy atom. The highest BCUT2D eigenvalue weighted by atomic mass is 32.1. The second kappa shape index (κ2) is 7.39. The maximum absolute atomic E-state index is 10.3. The summed E-state index contributed by atoms with van der Waals surface area (Å²) in [6.45, 7) is 8.18. The first-order valence-corrected chi connectivity index (χ1v) is 9.55. The summed E-state index contributed by atoms with van der Waals surface area (Å²) in [4.78, 5) is 8.63. The van der Waals surface area contributed by atoms with E-state index in [1.54, 1.807) is 0 Å². The highest BCUT2D eigenvalue weighted by molar-refractivity contribution is 7.11. The van der Waals surface area contributed by atoms with Crippen molar-refractivity contribution in [3.63, 3.8) is 0 Å². The molecule has 0 amide bonds. The molecule has 2 aliphatic rings. The first kappa shape index (κ1) is 16.4. The van der Waals surface area contributed by atoms with Crippen LogP contribution in [0, 0.1) is 5.92 Å². The predicted octanol–water partition coefficient (Wildman–Crippen LogP) is 2.38. The molecule has 2 heterocycles. The number of thiazole rings is 1. The molecule has 0 bridgehead atoms. The van der Waals surface area contributed by atoms with E-state index in [-0.39, 0.29) is 12.1 Å². The number of piperidine rings is 1. The molecule has 5 heteroatoms. The summed E-state index contributed by atoms with van der Waals surface area (Å²) in [5.41, 5.74) is 1.32. The lowest BCUT2D eigenvalue weighted by molar-refractivity contribution is 0.0892. The van der Waals surface area contributed by atoms with Gasteiger partial charge in [-0.1, -0.05) is 6.92 Å². The zero-order valence-electron chi connectivity index (χ0n) is 13.8. The molecule has 2 atom stereocenters. The summed E-state index contributed by atoms with van der Waals surface area (Å²) in [5, 5.41) is 14.9. The highest BCUT2D eigenvalue weighted by Crippen LogP contribution is 2.30. The lowest BCUT2D eigenvalue weighted by atomic mass is 9.99. The molecular weight excluding hydrogens is 294 g/mol. The third kappa shape index (κ3) is 4.07. The molecule has 4 nitrogen and oxygen atoms in total. The normalized spacial score (nSPS) is 22.7. The van der Waals surface area contributed by atoms with Gasteiger partial charge in [-0.15, -0.1) is 11.3 Å². The minimum atomic E-state index is -0.289. The summed E-state index contributed by atoms with van der Waals surface area (Å²) in [6, 6.07) is 0.242. The molecule has 0 aromatic carbocycles. The van der Waals surface area contributed by atoms with E-state index in [1.165, 1.54) is 41.3 Å². The number of hydrogen-bond acceptors (Lipinski definition) is 5. The van der Waals surface area contributed by atoms with E-state index in [0.717, 1.165) is 32.0 Å². The van der Waals surface area contributed by atoms with Crippen LogP contribution in [-0.2, 0) is 12.8 Å². The zero-order chi connectivity index (χ0) is 15.5. The Labute approximate surface area is 137 Å². The van der Waals surface area contributed by atoms with Crippen molar-refractivity contribution in [2.75, 3.05) is 26.2 Å². The fourth-order valence-electron chi connectivity index (χ4n) is 3.40. The number of rotatable bonds is 6. The number of aromatic nitrogens is 1. The van der Waals surface area contributed by atoms with Crippen molar-refractivity contribution in [2.45, 2.75) is 58.1 Å². The smallest absolute Gasteiger partial charge is 0.110 e. The fourth-order valence-corrected chi connectivity index (χ4v) is 4.58. The minimum absolute atomic E-state index is 0.242. The van der Waals surface area contributed by atoms with Crippen molar-refractivity contribution in [1.82, 2.24) is 15.2 Å². The van der Waals surface area contributed by atoms with E-state index in [4.69, 9.17) is 4.98 Å². The standard InChI is InChI=1S/C17H29N3OS/c1-12-6-8-20(9-7-12)11-14(21)10-18-13(2)17-19-15-4-3-5-16(15)22-17/h12-14,18,21H,3-11H2,1-2H3. The van der Waals surface area contributed by atoms with Crippen LogP contribution in [0.2, 0.25) is 0 Å². The van der Waals surface area contributed by atoms with Gasteiger partial charge in [-0.2, -0.15) is 0 Å². The van der Waals surface area contributed by atoms with E-state index in [2.05, 4.69) is 24.1 Å². The van der Waals surface area contributed by atoms with Gasteiger partial charge in [-0.05, 0) is 58.0 Å². The predicted molar refractivity (Wildman–Crippen MR) is 91.4 cm³/mol. The lowest BCUT2D eigenvalue weighted by Gasteiger charge is -2.31. The van der Waals surface area contributed by atoms with Crippen LogP contribution in [0.1, 0.15) is 54.7 Å². The topological polar surface area (TPSA) is 48.4 Å². The Kier molecular flexibility index (Phi) is 5.50. The van der Waals surface area contributed by atoms with Crippen LogP contribution in [0.15, 0.2) is 0 Å². The Balaban J connectivity index is 1.41. The lowest BCUT2D eigenvalue weighted by Crippen LogP contribution is -2.42. The number of aliphatic hydroxyl groups excluding tert-OH is 1. The van der Waals surface area contributed by atoms with E-state index in [1.807, 2.05) is 11.3 Å². The Morgan fingerprint density at radius 2 is 2.14 bits per heavy atom. The summed E-state index contributed by atoms with van der Waals surface area (Å²) in [7, 11) is 0. The second-order valence-electron chi connectivity index (χ2n) is 7.04. The Hall–Kier alpha value is -0.490. The number of likely N-dealkylation sites (tertiary alicyclic amines) is 1. The zero-order valence-corrected chi connectivity index (χ0v) is 14.7. The first-order valence-electron chi connectivity index (χ1n) is 8.74. The molecule has 1 aromatic heterocycles. The number of nitrogens with one attached hydrogen (secondary N) is 1. The molecule has 3 rings (SSSR count). The third-order valence-electron chi connectivity index (χ3n) is 4.99. The monoisotopic (exact) mass is 323 g/mol. The highest BCUT2D eigenvalue weighted by Gasteiger charge is 2.21. The quantitative estimate of drug-likeness (QED) is 0.844. The number of aliphatic hydroxyl groups is 1. The maximum Gasteiger partial charge on any atom is 0.110 e. The van der Waals surface area contributed by atoms with Crippen LogP contribution >= 0.6 is 11.3 Å². The van der Waals surface area contributed by atoms with Crippen LogP contribution in [0.3, 0.4) is 0 Å². The van der Waals surface area contributed by atoms with Crippen LogP contribution in [0.4, 0.5) is 0 Å². The van der Waals surface area contributed by atoms with Crippen molar-refractivity contribution in [2.24, 2.45) is 5.92 Å². The molecule has 1 saturated heterocycles. The summed E-state index contributed by atoms with van der Waals surface area (Å²) >= 11 is 1.85. The number of aryl methyl sites for hydroxylation is 2. The van der Waals surface area contributed by atoms with Gasteiger partial charge in [-0.25, -0.2) is 4.98 Å². The minimum Gasteiger partial charge on any atom is -0.390 e. The summed E-state index contributed by atoms with van der Waals surface area (Å²) in [6.07, 6.45) is 5.86. The van der Waals surface area contributed by atoms with E-state index in [9.17, 15) is 5.11 Å². The molecule has 1 aliphatic heterocycles. The SMILES string of the molecule is CC1CCN(CC(O)CNC(C)c2nc3c(s2)CCC3)CC1. The average molecular weight is 324 g/mol. The summed E-state index contributed by atoms with van der Waals surface area (Å²) < 4.78 is 0. The van der Waals surface area contributed by atoms with Gasteiger partial charge >= 0.3 is 0 Å². The van der Waals surface area contributed by atoms with Gasteiger partial charge in [0.25, 0.3) is 0 Å². The molecule has 0 spiro atoms. The molecular formula is C17H29N3OS. The molecule has 1 fully saturated rings. The van der Waals surface area contributed by atoms with Gasteiger partial charge in [0.15, 0.2) is 0 Å². The van der Waals surface area contributed by atoms with Crippen molar-refractivity contribution in [3.8, 4) is 0 Å². The molecule has 0 saturated carbocycles. The Bertz CT molecular complexity index is 461.